The molecule has 8 heteroatoms. The predicted molar refractivity (Wildman–Crippen MR) is 121 cm³/mol. The number of benzene rings is 2. The maximum absolute atomic E-state index is 12.3. The van der Waals surface area contributed by atoms with Crippen molar-refractivity contribution < 1.29 is 9.59 Å². The van der Waals surface area contributed by atoms with Crippen LogP contribution in [-0.2, 0) is 4.79 Å². The van der Waals surface area contributed by atoms with Crippen LogP contribution in [0.4, 0.5) is 11.4 Å². The molecular weight excluding hydrogens is 408 g/mol. The molecule has 0 unspecified atom stereocenters. The zero-order chi connectivity index (χ0) is 20.8. The van der Waals surface area contributed by atoms with Gasteiger partial charge in [0.1, 0.15) is 0 Å². The lowest BCUT2D eigenvalue weighted by molar-refractivity contribution is -0.131. The van der Waals surface area contributed by atoms with Crippen molar-refractivity contribution in [2.75, 3.05) is 36.4 Å². The summed E-state index contributed by atoms with van der Waals surface area (Å²) in [5.74, 6) is -0.120. The number of piperazine rings is 1. The van der Waals surface area contributed by atoms with Crippen LogP contribution in [0.3, 0.4) is 0 Å². The number of hydrogen-bond acceptors (Lipinski definition) is 4. The van der Waals surface area contributed by atoms with E-state index in [1.807, 2.05) is 36.1 Å². The number of amides is 2. The van der Waals surface area contributed by atoms with Gasteiger partial charge in [0.05, 0.1) is 11.4 Å². The number of carbonyl (C=O) groups excluding carboxylic acids is 2. The smallest absolute Gasteiger partial charge is 0.257 e. The Balaban J connectivity index is 1.63. The van der Waals surface area contributed by atoms with Crippen molar-refractivity contribution in [1.82, 2.24) is 10.2 Å². The molecule has 0 saturated carbocycles. The summed E-state index contributed by atoms with van der Waals surface area (Å²) >= 11 is 11.2. The van der Waals surface area contributed by atoms with Gasteiger partial charge in [0.2, 0.25) is 5.91 Å². The predicted octanol–water partition coefficient (Wildman–Crippen LogP) is 3.53. The second kappa shape index (κ2) is 9.71. The van der Waals surface area contributed by atoms with Gasteiger partial charge in [0, 0.05) is 43.2 Å². The fourth-order valence-electron chi connectivity index (χ4n) is 3.21. The summed E-state index contributed by atoms with van der Waals surface area (Å²) in [6.07, 6.45) is 0.528. The maximum atomic E-state index is 12.3. The summed E-state index contributed by atoms with van der Waals surface area (Å²) in [6.45, 7) is 4.76. The molecule has 6 nitrogen and oxygen atoms in total. The minimum Gasteiger partial charge on any atom is -0.366 e. The summed E-state index contributed by atoms with van der Waals surface area (Å²) in [5, 5.41) is 6.59. The number of anilines is 2. The molecule has 0 bridgehead atoms. The Morgan fingerprint density at radius 3 is 2.34 bits per heavy atom. The lowest BCUT2D eigenvalue weighted by atomic mass is 10.2. The molecule has 1 saturated heterocycles. The molecule has 2 aromatic rings. The third-order valence-corrected chi connectivity index (χ3v) is 5.22. The van der Waals surface area contributed by atoms with Crippen molar-refractivity contribution in [3.8, 4) is 0 Å². The van der Waals surface area contributed by atoms with Gasteiger partial charge in [0.25, 0.3) is 5.91 Å². The summed E-state index contributed by atoms with van der Waals surface area (Å²) in [5.41, 5.74) is 2.27. The van der Waals surface area contributed by atoms with Crippen LogP contribution >= 0.6 is 23.8 Å². The van der Waals surface area contributed by atoms with Crippen LogP contribution in [0.2, 0.25) is 5.02 Å². The molecule has 29 heavy (non-hydrogen) atoms. The molecule has 0 radical (unpaired) electrons. The van der Waals surface area contributed by atoms with Crippen molar-refractivity contribution >= 4 is 52.1 Å². The molecule has 2 N–H and O–H groups in total. The van der Waals surface area contributed by atoms with Crippen LogP contribution in [0.15, 0.2) is 48.5 Å². The first-order valence-corrected chi connectivity index (χ1v) is 10.3. The summed E-state index contributed by atoms with van der Waals surface area (Å²) < 4.78 is 0. The topological polar surface area (TPSA) is 64.7 Å². The van der Waals surface area contributed by atoms with E-state index in [9.17, 15) is 9.59 Å². The van der Waals surface area contributed by atoms with Crippen molar-refractivity contribution in [1.29, 1.82) is 0 Å². The summed E-state index contributed by atoms with van der Waals surface area (Å²) in [4.78, 5) is 28.3. The van der Waals surface area contributed by atoms with E-state index in [-0.39, 0.29) is 16.9 Å². The van der Waals surface area contributed by atoms with Gasteiger partial charge in [0.15, 0.2) is 5.11 Å². The standard InChI is InChI=1S/C21H23ClN4O2S/c1-2-19(27)26-13-11-25(12-14-26)18-6-4-3-5-17(18)23-21(29)24-20(28)15-7-9-16(22)10-8-15/h3-10H,2,11-14H2,1H3,(H2,23,24,28,29). The highest BCUT2D eigenvalue weighted by atomic mass is 35.5. The van der Waals surface area contributed by atoms with Crippen molar-refractivity contribution in [2.24, 2.45) is 0 Å². The number of rotatable bonds is 4. The molecule has 3 rings (SSSR count). The number of para-hydroxylation sites is 2. The van der Waals surface area contributed by atoms with Gasteiger partial charge in [-0.25, -0.2) is 0 Å². The van der Waals surface area contributed by atoms with E-state index in [4.69, 9.17) is 23.8 Å². The van der Waals surface area contributed by atoms with Crippen LogP contribution in [-0.4, -0.2) is 48.0 Å². The molecule has 152 valence electrons. The average Bonchev–Trinajstić information content (AvgIpc) is 2.74. The molecule has 0 aromatic heterocycles. The van der Waals surface area contributed by atoms with Gasteiger partial charge >= 0.3 is 0 Å². The van der Waals surface area contributed by atoms with E-state index in [1.165, 1.54) is 0 Å². The molecule has 1 aliphatic heterocycles. The van der Waals surface area contributed by atoms with E-state index < -0.39 is 0 Å². The Hall–Kier alpha value is -2.64. The van der Waals surface area contributed by atoms with Crippen molar-refractivity contribution in [3.05, 3.63) is 59.1 Å². The van der Waals surface area contributed by atoms with E-state index in [2.05, 4.69) is 15.5 Å². The highest BCUT2D eigenvalue weighted by molar-refractivity contribution is 7.80. The van der Waals surface area contributed by atoms with Gasteiger partial charge in [-0.3, -0.25) is 14.9 Å². The van der Waals surface area contributed by atoms with Gasteiger partial charge in [-0.15, -0.1) is 0 Å². The monoisotopic (exact) mass is 430 g/mol. The largest absolute Gasteiger partial charge is 0.366 e. The first-order valence-electron chi connectivity index (χ1n) is 9.47. The third kappa shape index (κ3) is 5.46. The van der Waals surface area contributed by atoms with Crippen LogP contribution < -0.4 is 15.5 Å². The van der Waals surface area contributed by atoms with E-state index in [0.29, 0.717) is 30.1 Å². The molecule has 0 aliphatic carbocycles. The SMILES string of the molecule is CCC(=O)N1CCN(c2ccccc2NC(=S)NC(=O)c2ccc(Cl)cc2)CC1. The first-order chi connectivity index (χ1) is 14.0. The van der Waals surface area contributed by atoms with Gasteiger partial charge in [-0.1, -0.05) is 30.7 Å². The minimum atomic E-state index is -0.302. The normalized spacial score (nSPS) is 13.7. The van der Waals surface area contributed by atoms with Crippen LogP contribution in [0.25, 0.3) is 0 Å². The fourth-order valence-corrected chi connectivity index (χ4v) is 3.53. The van der Waals surface area contributed by atoms with Crippen LogP contribution in [0, 0.1) is 0 Å². The van der Waals surface area contributed by atoms with E-state index in [0.717, 1.165) is 24.5 Å². The third-order valence-electron chi connectivity index (χ3n) is 4.76. The molecule has 1 aliphatic rings. The Morgan fingerprint density at radius 1 is 1.03 bits per heavy atom. The molecule has 1 fully saturated rings. The van der Waals surface area contributed by atoms with E-state index in [1.54, 1.807) is 24.3 Å². The number of hydrogen-bond donors (Lipinski definition) is 2. The summed E-state index contributed by atoms with van der Waals surface area (Å²) in [7, 11) is 0. The zero-order valence-corrected chi connectivity index (χ0v) is 17.7. The lowest BCUT2D eigenvalue weighted by Gasteiger charge is -2.37. The molecule has 2 amide bonds. The highest BCUT2D eigenvalue weighted by Gasteiger charge is 2.22. The Morgan fingerprint density at radius 2 is 1.69 bits per heavy atom. The molecule has 0 spiro atoms. The van der Waals surface area contributed by atoms with Gasteiger partial charge in [-0.2, -0.15) is 0 Å². The Labute approximate surface area is 180 Å². The second-order valence-corrected chi connectivity index (χ2v) is 7.50. The second-order valence-electron chi connectivity index (χ2n) is 6.65. The first kappa shape index (κ1) is 21.1. The van der Waals surface area contributed by atoms with Crippen molar-refractivity contribution in [2.45, 2.75) is 13.3 Å². The Kier molecular flexibility index (Phi) is 7.06. The molecular formula is C21H23ClN4O2S. The lowest BCUT2D eigenvalue weighted by Crippen LogP contribution is -2.48. The fraction of sp³-hybridized carbons (Fsp3) is 0.286. The van der Waals surface area contributed by atoms with Crippen molar-refractivity contribution in [3.63, 3.8) is 0 Å². The van der Waals surface area contributed by atoms with Gasteiger partial charge < -0.3 is 15.1 Å². The number of nitrogens with zero attached hydrogens (tertiary/aromatic N) is 2. The Bertz CT molecular complexity index is 896. The number of carbonyl (C=O) groups is 2. The minimum absolute atomic E-state index is 0.183. The number of halogens is 1. The molecule has 0 atom stereocenters. The highest BCUT2D eigenvalue weighted by Crippen LogP contribution is 2.26. The van der Waals surface area contributed by atoms with Crippen LogP contribution in [0.5, 0.6) is 0 Å². The number of thiocarbonyl (C=S) groups is 1. The maximum Gasteiger partial charge on any atom is 0.257 e. The quantitative estimate of drug-likeness (QED) is 0.726. The number of nitrogens with one attached hydrogen (secondary N) is 2. The van der Waals surface area contributed by atoms with Gasteiger partial charge in [-0.05, 0) is 48.6 Å². The molecule has 1 heterocycles. The summed E-state index contributed by atoms with van der Waals surface area (Å²) in [6, 6.07) is 14.4. The zero-order valence-electron chi connectivity index (χ0n) is 16.2. The van der Waals surface area contributed by atoms with E-state index >= 15 is 0 Å². The average molecular weight is 431 g/mol. The molecule has 2 aromatic carbocycles. The van der Waals surface area contributed by atoms with Crippen LogP contribution in [0.1, 0.15) is 23.7 Å².